The van der Waals surface area contributed by atoms with Gasteiger partial charge in [-0.05, 0) is 25.9 Å². The van der Waals surface area contributed by atoms with Gasteiger partial charge in [0.05, 0.1) is 6.26 Å². The SMILES string of the molecule is C=COC(=O)C(C=C)N1CCCC1. The lowest BCUT2D eigenvalue weighted by Gasteiger charge is -2.21. The molecule has 3 nitrogen and oxygen atoms in total. The molecule has 1 aliphatic heterocycles. The lowest BCUT2D eigenvalue weighted by Crippen LogP contribution is -2.38. The van der Waals surface area contributed by atoms with Gasteiger partial charge in [-0.3, -0.25) is 4.90 Å². The summed E-state index contributed by atoms with van der Waals surface area (Å²) in [5, 5.41) is 0. The maximum absolute atomic E-state index is 11.4. The van der Waals surface area contributed by atoms with Gasteiger partial charge in [0.25, 0.3) is 0 Å². The minimum Gasteiger partial charge on any atom is -0.434 e. The highest BCUT2D eigenvalue weighted by Crippen LogP contribution is 2.13. The minimum absolute atomic E-state index is 0.285. The van der Waals surface area contributed by atoms with E-state index in [0.29, 0.717) is 0 Å². The Bertz CT molecular complexity index is 207. The van der Waals surface area contributed by atoms with Crippen molar-refractivity contribution in [3.05, 3.63) is 25.5 Å². The number of carbonyl (C=O) groups is 1. The molecule has 72 valence electrons. The third-order valence-corrected chi connectivity index (χ3v) is 2.20. The maximum Gasteiger partial charge on any atom is 0.332 e. The predicted molar refractivity (Wildman–Crippen MR) is 51.1 cm³/mol. The van der Waals surface area contributed by atoms with Gasteiger partial charge in [0.15, 0.2) is 0 Å². The van der Waals surface area contributed by atoms with E-state index in [1.165, 1.54) is 0 Å². The number of ether oxygens (including phenoxy) is 1. The van der Waals surface area contributed by atoms with Gasteiger partial charge in [0, 0.05) is 0 Å². The zero-order chi connectivity index (χ0) is 9.68. The molecule has 0 radical (unpaired) electrons. The van der Waals surface area contributed by atoms with Crippen molar-refractivity contribution in [1.29, 1.82) is 0 Å². The monoisotopic (exact) mass is 181 g/mol. The van der Waals surface area contributed by atoms with Crippen molar-refractivity contribution in [3.63, 3.8) is 0 Å². The predicted octanol–water partition coefficient (Wildman–Crippen LogP) is 1.32. The highest BCUT2D eigenvalue weighted by Gasteiger charge is 2.26. The second-order valence-corrected chi connectivity index (χ2v) is 3.03. The Morgan fingerprint density at radius 1 is 1.38 bits per heavy atom. The van der Waals surface area contributed by atoms with E-state index in [2.05, 4.69) is 18.1 Å². The number of esters is 1. The van der Waals surface area contributed by atoms with Crippen molar-refractivity contribution in [1.82, 2.24) is 4.90 Å². The number of likely N-dealkylation sites (tertiary alicyclic amines) is 1. The van der Waals surface area contributed by atoms with Crippen LogP contribution in [-0.4, -0.2) is 30.0 Å². The van der Waals surface area contributed by atoms with Crippen LogP contribution in [0.1, 0.15) is 12.8 Å². The first-order valence-corrected chi connectivity index (χ1v) is 4.47. The Kier molecular flexibility index (Phi) is 3.71. The second-order valence-electron chi connectivity index (χ2n) is 3.03. The maximum atomic E-state index is 11.4. The molecule has 0 amide bonds. The average molecular weight is 181 g/mol. The van der Waals surface area contributed by atoms with E-state index < -0.39 is 0 Å². The fraction of sp³-hybridized carbons (Fsp3) is 0.500. The largest absolute Gasteiger partial charge is 0.434 e. The zero-order valence-corrected chi connectivity index (χ0v) is 7.74. The Morgan fingerprint density at radius 3 is 2.46 bits per heavy atom. The summed E-state index contributed by atoms with van der Waals surface area (Å²) in [5.41, 5.74) is 0. The molecule has 0 aromatic heterocycles. The normalized spacial score (nSPS) is 19.4. The van der Waals surface area contributed by atoms with Crippen molar-refractivity contribution < 1.29 is 9.53 Å². The first-order valence-electron chi connectivity index (χ1n) is 4.47. The second kappa shape index (κ2) is 4.82. The number of hydrogen-bond acceptors (Lipinski definition) is 3. The van der Waals surface area contributed by atoms with Crippen LogP contribution in [0, 0.1) is 0 Å². The lowest BCUT2D eigenvalue weighted by atomic mass is 10.2. The van der Waals surface area contributed by atoms with E-state index in [-0.39, 0.29) is 12.0 Å². The third-order valence-electron chi connectivity index (χ3n) is 2.20. The Morgan fingerprint density at radius 2 is 2.00 bits per heavy atom. The topological polar surface area (TPSA) is 29.5 Å². The molecule has 0 aliphatic carbocycles. The molecular formula is C10H15NO2. The van der Waals surface area contributed by atoms with Crippen LogP contribution in [0.3, 0.4) is 0 Å². The highest BCUT2D eigenvalue weighted by atomic mass is 16.5. The van der Waals surface area contributed by atoms with Crippen molar-refractivity contribution in [3.8, 4) is 0 Å². The summed E-state index contributed by atoms with van der Waals surface area (Å²) < 4.78 is 4.72. The van der Waals surface area contributed by atoms with Crippen LogP contribution in [0.25, 0.3) is 0 Å². The summed E-state index contributed by atoms with van der Waals surface area (Å²) in [4.78, 5) is 13.4. The molecule has 0 bridgehead atoms. The first-order chi connectivity index (χ1) is 6.29. The van der Waals surface area contributed by atoms with E-state index in [4.69, 9.17) is 4.74 Å². The van der Waals surface area contributed by atoms with Gasteiger partial charge in [-0.1, -0.05) is 12.7 Å². The quantitative estimate of drug-likeness (QED) is 0.372. The van der Waals surface area contributed by atoms with E-state index >= 15 is 0 Å². The van der Waals surface area contributed by atoms with Crippen LogP contribution in [0.4, 0.5) is 0 Å². The van der Waals surface area contributed by atoms with Crippen LogP contribution in [-0.2, 0) is 9.53 Å². The van der Waals surface area contributed by atoms with Gasteiger partial charge >= 0.3 is 5.97 Å². The van der Waals surface area contributed by atoms with Crippen LogP contribution in [0.15, 0.2) is 25.5 Å². The van der Waals surface area contributed by atoms with Crippen LogP contribution in [0.5, 0.6) is 0 Å². The first kappa shape index (κ1) is 9.99. The van der Waals surface area contributed by atoms with Crippen LogP contribution >= 0.6 is 0 Å². The summed E-state index contributed by atoms with van der Waals surface area (Å²) in [6.45, 7) is 8.87. The fourth-order valence-electron chi connectivity index (χ4n) is 1.57. The van der Waals surface area contributed by atoms with Gasteiger partial charge in [-0.25, -0.2) is 4.79 Å². The summed E-state index contributed by atoms with van der Waals surface area (Å²) >= 11 is 0. The van der Waals surface area contributed by atoms with Gasteiger partial charge in [-0.2, -0.15) is 0 Å². The molecule has 1 rings (SSSR count). The number of carbonyl (C=O) groups excluding carboxylic acids is 1. The zero-order valence-electron chi connectivity index (χ0n) is 7.74. The molecule has 13 heavy (non-hydrogen) atoms. The molecule has 1 saturated heterocycles. The van der Waals surface area contributed by atoms with Crippen molar-refractivity contribution in [2.24, 2.45) is 0 Å². The van der Waals surface area contributed by atoms with E-state index in [1.54, 1.807) is 6.08 Å². The molecule has 1 aliphatic rings. The van der Waals surface area contributed by atoms with Gasteiger partial charge in [0.2, 0.25) is 0 Å². The fourth-order valence-corrected chi connectivity index (χ4v) is 1.57. The minimum atomic E-state index is -0.305. The lowest BCUT2D eigenvalue weighted by molar-refractivity contribution is -0.141. The summed E-state index contributed by atoms with van der Waals surface area (Å²) in [7, 11) is 0. The van der Waals surface area contributed by atoms with E-state index in [1.807, 2.05) is 0 Å². The smallest absolute Gasteiger partial charge is 0.332 e. The molecule has 0 spiro atoms. The Balaban J connectivity index is 2.54. The number of nitrogens with zero attached hydrogens (tertiary/aromatic N) is 1. The molecule has 0 N–H and O–H groups in total. The Hall–Kier alpha value is -1.09. The van der Waals surface area contributed by atoms with Gasteiger partial charge in [-0.15, -0.1) is 6.58 Å². The molecular weight excluding hydrogens is 166 g/mol. The van der Waals surface area contributed by atoms with Crippen molar-refractivity contribution in [2.45, 2.75) is 18.9 Å². The summed E-state index contributed by atoms with van der Waals surface area (Å²) in [6.07, 6.45) is 5.07. The molecule has 1 heterocycles. The summed E-state index contributed by atoms with van der Waals surface area (Å²) in [5.74, 6) is -0.285. The highest BCUT2D eigenvalue weighted by molar-refractivity contribution is 5.78. The van der Waals surface area contributed by atoms with Crippen molar-refractivity contribution >= 4 is 5.97 Å². The van der Waals surface area contributed by atoms with Crippen LogP contribution < -0.4 is 0 Å². The molecule has 3 heteroatoms. The Labute approximate surface area is 78.7 Å². The van der Waals surface area contributed by atoms with E-state index in [0.717, 1.165) is 32.2 Å². The molecule has 1 atom stereocenters. The van der Waals surface area contributed by atoms with E-state index in [9.17, 15) is 4.79 Å². The number of hydrogen-bond donors (Lipinski definition) is 0. The number of rotatable bonds is 4. The molecule has 0 aromatic rings. The third kappa shape index (κ3) is 2.42. The molecule has 1 unspecified atom stereocenters. The van der Waals surface area contributed by atoms with Crippen LogP contribution in [0.2, 0.25) is 0 Å². The van der Waals surface area contributed by atoms with Gasteiger partial charge < -0.3 is 4.74 Å². The molecule has 0 saturated carbocycles. The van der Waals surface area contributed by atoms with Gasteiger partial charge in [0.1, 0.15) is 6.04 Å². The summed E-state index contributed by atoms with van der Waals surface area (Å²) in [6, 6.07) is -0.305. The average Bonchev–Trinajstić information content (AvgIpc) is 2.59. The standard InChI is InChI=1S/C10H15NO2/c1-3-9(10(12)13-4-2)11-7-5-6-8-11/h3-4,9H,1-2,5-8H2. The van der Waals surface area contributed by atoms with Crippen molar-refractivity contribution in [2.75, 3.05) is 13.1 Å². The molecule has 1 fully saturated rings. The molecule has 0 aromatic carbocycles.